The molecule has 1 heterocycles. The van der Waals surface area contributed by atoms with Crippen LogP contribution in [-0.2, 0) is 16.0 Å². The first-order valence-corrected chi connectivity index (χ1v) is 9.16. The first-order valence-electron chi connectivity index (χ1n) is 8.34. The van der Waals surface area contributed by atoms with Gasteiger partial charge < -0.3 is 5.32 Å². The zero-order chi connectivity index (χ0) is 19.2. The summed E-state index contributed by atoms with van der Waals surface area (Å²) in [5, 5.41) is 2.32. The molecule has 0 bridgehead atoms. The Labute approximate surface area is 160 Å². The van der Waals surface area contributed by atoms with Crippen molar-refractivity contribution in [1.29, 1.82) is 0 Å². The lowest BCUT2D eigenvalue weighted by Crippen LogP contribution is -2.37. The van der Waals surface area contributed by atoms with Crippen LogP contribution in [-0.4, -0.2) is 35.0 Å². The molecule has 0 aromatic heterocycles. The number of halogens is 1. The van der Waals surface area contributed by atoms with Crippen LogP contribution < -0.4 is 5.32 Å². The fourth-order valence-corrected chi connectivity index (χ4v) is 3.42. The maximum absolute atomic E-state index is 12.9. The number of hydrogen-bond donors (Lipinski definition) is 1. The molecule has 3 rings (SSSR count). The van der Waals surface area contributed by atoms with Crippen molar-refractivity contribution in [3.8, 4) is 0 Å². The third-order valence-corrected chi connectivity index (χ3v) is 4.81. The summed E-state index contributed by atoms with van der Waals surface area (Å²) in [7, 11) is 0. The van der Waals surface area contributed by atoms with Gasteiger partial charge >= 0.3 is 0 Å². The minimum atomic E-state index is -0.360. The number of rotatable bonds is 6. The van der Waals surface area contributed by atoms with Crippen LogP contribution in [0, 0.1) is 5.82 Å². The van der Waals surface area contributed by atoms with Gasteiger partial charge in [0, 0.05) is 13.1 Å². The van der Waals surface area contributed by atoms with Crippen molar-refractivity contribution >= 4 is 34.9 Å². The molecular weight excluding hydrogens is 367 g/mol. The third kappa shape index (κ3) is 5.04. The predicted molar refractivity (Wildman–Crippen MR) is 102 cm³/mol. The second-order valence-corrected chi connectivity index (χ2v) is 6.89. The van der Waals surface area contributed by atoms with Crippen LogP contribution in [0.2, 0.25) is 0 Å². The molecule has 0 atom stereocenters. The molecule has 1 N–H and O–H groups in total. The van der Waals surface area contributed by atoms with Crippen LogP contribution in [0.15, 0.2) is 59.5 Å². The molecule has 2 aromatic rings. The van der Waals surface area contributed by atoms with Gasteiger partial charge in [-0.15, -0.1) is 0 Å². The highest BCUT2D eigenvalue weighted by Gasteiger charge is 2.34. The highest BCUT2D eigenvalue weighted by atomic mass is 32.2. The molecule has 1 saturated heterocycles. The summed E-state index contributed by atoms with van der Waals surface area (Å²) in [5.41, 5.74) is 1.53. The molecule has 3 amide bonds. The fraction of sp³-hybridized carbons (Fsp3) is 0.150. The van der Waals surface area contributed by atoms with E-state index in [1.165, 1.54) is 12.1 Å². The van der Waals surface area contributed by atoms with Gasteiger partial charge in [-0.05, 0) is 41.1 Å². The number of thioether (sulfide) groups is 1. The average Bonchev–Trinajstić information content (AvgIpc) is 2.92. The molecule has 1 aliphatic rings. The SMILES string of the molecule is O=C(Cc1ccc(F)cc1)NCCN1C(=O)S/C(=C/c2ccccc2)C1=O. The highest BCUT2D eigenvalue weighted by molar-refractivity contribution is 8.18. The monoisotopic (exact) mass is 384 g/mol. The molecule has 2 aromatic carbocycles. The molecule has 0 unspecified atom stereocenters. The smallest absolute Gasteiger partial charge is 0.293 e. The fourth-order valence-electron chi connectivity index (χ4n) is 2.55. The predicted octanol–water partition coefficient (Wildman–Crippen LogP) is 3.22. The topological polar surface area (TPSA) is 66.5 Å². The van der Waals surface area contributed by atoms with E-state index in [0.717, 1.165) is 22.2 Å². The Hall–Kier alpha value is -2.93. The van der Waals surface area contributed by atoms with Gasteiger partial charge in [0.2, 0.25) is 5.91 Å². The molecule has 0 aliphatic carbocycles. The van der Waals surface area contributed by atoms with Gasteiger partial charge in [-0.25, -0.2) is 4.39 Å². The van der Waals surface area contributed by atoms with Crippen LogP contribution in [0.5, 0.6) is 0 Å². The van der Waals surface area contributed by atoms with Crippen molar-refractivity contribution in [3.05, 3.63) is 76.4 Å². The number of amides is 3. The Morgan fingerprint density at radius 2 is 1.78 bits per heavy atom. The van der Waals surface area contributed by atoms with Gasteiger partial charge in [0.15, 0.2) is 0 Å². The number of hydrogen-bond acceptors (Lipinski definition) is 4. The van der Waals surface area contributed by atoms with Gasteiger partial charge in [-0.2, -0.15) is 0 Å². The maximum atomic E-state index is 12.9. The summed E-state index contributed by atoms with van der Waals surface area (Å²) in [6, 6.07) is 15.0. The largest absolute Gasteiger partial charge is 0.354 e. The zero-order valence-corrected chi connectivity index (χ0v) is 15.2. The molecule has 0 radical (unpaired) electrons. The molecular formula is C20H17FN2O3S. The summed E-state index contributed by atoms with van der Waals surface area (Å²) in [5.74, 6) is -0.975. The lowest BCUT2D eigenvalue weighted by molar-refractivity contribution is -0.124. The van der Waals surface area contributed by atoms with Gasteiger partial charge in [-0.1, -0.05) is 42.5 Å². The summed E-state index contributed by atoms with van der Waals surface area (Å²) < 4.78 is 12.9. The Kier molecular flexibility index (Phi) is 6.03. The Morgan fingerprint density at radius 1 is 1.07 bits per heavy atom. The average molecular weight is 384 g/mol. The van der Waals surface area contributed by atoms with E-state index >= 15 is 0 Å². The lowest BCUT2D eigenvalue weighted by Gasteiger charge is -2.13. The van der Waals surface area contributed by atoms with E-state index in [9.17, 15) is 18.8 Å². The zero-order valence-electron chi connectivity index (χ0n) is 14.4. The van der Waals surface area contributed by atoms with Crippen molar-refractivity contribution in [3.63, 3.8) is 0 Å². The minimum Gasteiger partial charge on any atom is -0.354 e. The van der Waals surface area contributed by atoms with Gasteiger partial charge in [0.05, 0.1) is 11.3 Å². The van der Waals surface area contributed by atoms with Crippen LogP contribution in [0.25, 0.3) is 6.08 Å². The normalized spacial score (nSPS) is 15.4. The summed E-state index contributed by atoms with van der Waals surface area (Å²) in [6.45, 7) is 0.267. The van der Waals surface area contributed by atoms with E-state index in [1.807, 2.05) is 30.3 Å². The quantitative estimate of drug-likeness (QED) is 0.777. The second-order valence-electron chi connectivity index (χ2n) is 5.90. The third-order valence-electron chi connectivity index (χ3n) is 3.91. The van der Waals surface area contributed by atoms with E-state index in [1.54, 1.807) is 18.2 Å². The van der Waals surface area contributed by atoms with Gasteiger partial charge in [0.1, 0.15) is 5.82 Å². The van der Waals surface area contributed by atoms with E-state index in [4.69, 9.17) is 0 Å². The molecule has 0 spiro atoms. The van der Waals surface area contributed by atoms with Crippen molar-refractivity contribution in [2.75, 3.05) is 13.1 Å². The van der Waals surface area contributed by atoms with Crippen molar-refractivity contribution in [2.45, 2.75) is 6.42 Å². The van der Waals surface area contributed by atoms with Crippen LogP contribution in [0.1, 0.15) is 11.1 Å². The highest BCUT2D eigenvalue weighted by Crippen LogP contribution is 2.31. The van der Waals surface area contributed by atoms with Crippen molar-refractivity contribution in [2.24, 2.45) is 0 Å². The first kappa shape index (κ1) is 18.8. The van der Waals surface area contributed by atoms with E-state index in [2.05, 4.69) is 5.32 Å². The van der Waals surface area contributed by atoms with E-state index in [0.29, 0.717) is 10.5 Å². The van der Waals surface area contributed by atoms with Crippen molar-refractivity contribution in [1.82, 2.24) is 10.2 Å². The first-order chi connectivity index (χ1) is 13.0. The van der Waals surface area contributed by atoms with Crippen LogP contribution in [0.3, 0.4) is 0 Å². The summed E-state index contributed by atoms with van der Waals surface area (Å²) >= 11 is 0.890. The number of imide groups is 1. The molecule has 0 saturated carbocycles. The number of carbonyl (C=O) groups excluding carboxylic acids is 3. The molecule has 7 heteroatoms. The second kappa shape index (κ2) is 8.64. The Balaban J connectivity index is 1.51. The van der Waals surface area contributed by atoms with Crippen LogP contribution >= 0.6 is 11.8 Å². The standard InChI is InChI=1S/C20H17FN2O3S/c21-16-8-6-15(7-9-16)13-18(24)22-10-11-23-19(25)17(27-20(23)26)12-14-4-2-1-3-5-14/h1-9,12H,10-11,13H2,(H,22,24)/b17-12+. The molecule has 27 heavy (non-hydrogen) atoms. The molecule has 138 valence electrons. The van der Waals surface area contributed by atoms with Gasteiger partial charge in [-0.3, -0.25) is 19.3 Å². The lowest BCUT2D eigenvalue weighted by atomic mass is 10.1. The van der Waals surface area contributed by atoms with E-state index < -0.39 is 0 Å². The minimum absolute atomic E-state index is 0.103. The van der Waals surface area contributed by atoms with Crippen LogP contribution in [0.4, 0.5) is 9.18 Å². The number of nitrogens with one attached hydrogen (secondary N) is 1. The summed E-state index contributed by atoms with van der Waals surface area (Å²) in [4.78, 5) is 37.9. The van der Waals surface area contributed by atoms with Crippen molar-refractivity contribution < 1.29 is 18.8 Å². The molecule has 1 fully saturated rings. The molecule has 1 aliphatic heterocycles. The maximum Gasteiger partial charge on any atom is 0.293 e. The Morgan fingerprint density at radius 3 is 2.48 bits per heavy atom. The van der Waals surface area contributed by atoms with E-state index in [-0.39, 0.29) is 42.4 Å². The Bertz CT molecular complexity index is 882. The number of nitrogens with zero attached hydrogens (tertiary/aromatic N) is 1. The van der Waals surface area contributed by atoms with Gasteiger partial charge in [0.25, 0.3) is 11.1 Å². The number of carbonyl (C=O) groups is 3. The summed E-state index contributed by atoms with van der Waals surface area (Å²) in [6.07, 6.45) is 1.79. The number of benzene rings is 2. The molecule has 5 nitrogen and oxygen atoms in total.